The number of hydrazone groups is 1. The van der Waals surface area contributed by atoms with Crippen molar-refractivity contribution >= 4 is 23.0 Å². The van der Waals surface area contributed by atoms with Gasteiger partial charge in [0, 0.05) is 5.71 Å². The predicted molar refractivity (Wildman–Crippen MR) is 73.4 cm³/mol. The second-order valence-corrected chi connectivity index (χ2v) is 6.09. The molecule has 3 N–H and O–H groups in total. The fourth-order valence-corrected chi connectivity index (χ4v) is 2.32. The van der Waals surface area contributed by atoms with Crippen LogP contribution < -0.4 is 11.2 Å². The minimum Gasteiger partial charge on any atom is -0.375 e. The topological polar surface area (TPSA) is 50.4 Å². The van der Waals surface area contributed by atoms with Crippen LogP contribution in [0.25, 0.3) is 0 Å². The third-order valence-corrected chi connectivity index (χ3v) is 3.44. The van der Waals surface area contributed by atoms with E-state index < -0.39 is 0 Å². The Bertz CT molecular complexity index is 278. The standard InChI is InChI=1S/C12H23N3S/c1-12(2,3)9-5-4-6-10(8-7-9)14-15-11(13)16/h9H,4-8H2,1-3H3,(H3,13,15,16). The van der Waals surface area contributed by atoms with Gasteiger partial charge < -0.3 is 5.73 Å². The zero-order valence-electron chi connectivity index (χ0n) is 10.5. The molecule has 0 heterocycles. The van der Waals surface area contributed by atoms with Crippen LogP contribution in [0, 0.1) is 11.3 Å². The maximum atomic E-state index is 5.36. The summed E-state index contributed by atoms with van der Waals surface area (Å²) in [6, 6.07) is 0. The van der Waals surface area contributed by atoms with Crippen LogP contribution in [0.2, 0.25) is 0 Å². The Morgan fingerprint density at radius 3 is 2.62 bits per heavy atom. The molecule has 0 radical (unpaired) electrons. The Hall–Kier alpha value is -0.640. The van der Waals surface area contributed by atoms with Gasteiger partial charge in [0.25, 0.3) is 0 Å². The molecule has 0 aromatic carbocycles. The molecule has 1 saturated carbocycles. The SMILES string of the molecule is CC(C)(C)C1CCCC(=NNC(N)=S)CC1. The first-order valence-electron chi connectivity index (χ1n) is 6.00. The lowest BCUT2D eigenvalue weighted by molar-refractivity contribution is 0.216. The number of nitrogens with zero attached hydrogens (tertiary/aromatic N) is 1. The second-order valence-electron chi connectivity index (χ2n) is 5.65. The number of nitrogens with one attached hydrogen (secondary N) is 1. The molecule has 1 fully saturated rings. The summed E-state index contributed by atoms with van der Waals surface area (Å²) in [4.78, 5) is 0. The first kappa shape index (κ1) is 13.4. The van der Waals surface area contributed by atoms with Crippen molar-refractivity contribution in [3.8, 4) is 0 Å². The number of rotatable bonds is 1. The van der Waals surface area contributed by atoms with E-state index in [0.29, 0.717) is 5.41 Å². The molecule has 3 nitrogen and oxygen atoms in total. The van der Waals surface area contributed by atoms with Crippen molar-refractivity contribution in [1.29, 1.82) is 0 Å². The van der Waals surface area contributed by atoms with Gasteiger partial charge in [0.05, 0.1) is 0 Å². The molecule has 0 bridgehead atoms. The van der Waals surface area contributed by atoms with Crippen molar-refractivity contribution in [2.75, 3.05) is 0 Å². The zero-order chi connectivity index (χ0) is 12.2. The van der Waals surface area contributed by atoms with Gasteiger partial charge in [-0.25, -0.2) is 0 Å². The highest BCUT2D eigenvalue weighted by atomic mass is 32.1. The lowest BCUT2D eigenvalue weighted by Crippen LogP contribution is -2.25. The Kier molecular flexibility index (Phi) is 4.71. The smallest absolute Gasteiger partial charge is 0.184 e. The van der Waals surface area contributed by atoms with Crippen molar-refractivity contribution in [3.63, 3.8) is 0 Å². The number of hydrogen-bond donors (Lipinski definition) is 2. The molecule has 1 aliphatic rings. The van der Waals surface area contributed by atoms with Crippen LogP contribution in [0.15, 0.2) is 5.10 Å². The van der Waals surface area contributed by atoms with Gasteiger partial charge in [-0.3, -0.25) is 5.43 Å². The first-order valence-corrected chi connectivity index (χ1v) is 6.41. The van der Waals surface area contributed by atoms with Crippen LogP contribution in [-0.4, -0.2) is 10.8 Å². The summed E-state index contributed by atoms with van der Waals surface area (Å²) < 4.78 is 0. The zero-order valence-corrected chi connectivity index (χ0v) is 11.4. The number of hydrogen-bond acceptors (Lipinski definition) is 2. The molecule has 0 amide bonds. The molecule has 1 atom stereocenters. The average Bonchev–Trinajstić information content (AvgIpc) is 2.38. The fraction of sp³-hybridized carbons (Fsp3) is 0.833. The van der Waals surface area contributed by atoms with E-state index in [9.17, 15) is 0 Å². The van der Waals surface area contributed by atoms with Gasteiger partial charge in [0.2, 0.25) is 0 Å². The maximum absolute atomic E-state index is 5.36. The molecule has 1 rings (SSSR count). The van der Waals surface area contributed by atoms with Crippen LogP contribution in [0.1, 0.15) is 52.9 Å². The Morgan fingerprint density at radius 1 is 1.38 bits per heavy atom. The largest absolute Gasteiger partial charge is 0.375 e. The van der Waals surface area contributed by atoms with Crippen LogP contribution in [0.5, 0.6) is 0 Å². The van der Waals surface area contributed by atoms with E-state index in [4.69, 9.17) is 18.0 Å². The Morgan fingerprint density at radius 2 is 2.06 bits per heavy atom. The summed E-state index contributed by atoms with van der Waals surface area (Å²) in [6.07, 6.45) is 5.89. The highest BCUT2D eigenvalue weighted by molar-refractivity contribution is 7.80. The van der Waals surface area contributed by atoms with E-state index in [1.165, 1.54) is 25.0 Å². The third-order valence-electron chi connectivity index (χ3n) is 3.35. The lowest BCUT2D eigenvalue weighted by Gasteiger charge is -2.29. The van der Waals surface area contributed by atoms with E-state index in [0.717, 1.165) is 18.8 Å². The molecule has 4 heteroatoms. The highest BCUT2D eigenvalue weighted by Crippen LogP contribution is 2.36. The third kappa shape index (κ3) is 4.47. The maximum Gasteiger partial charge on any atom is 0.184 e. The van der Waals surface area contributed by atoms with Crippen molar-refractivity contribution in [1.82, 2.24) is 5.43 Å². The van der Waals surface area contributed by atoms with Crippen LogP contribution >= 0.6 is 12.2 Å². The molecular formula is C12H23N3S. The summed E-state index contributed by atoms with van der Waals surface area (Å²) in [5.74, 6) is 0.796. The van der Waals surface area contributed by atoms with Gasteiger partial charge in [-0.1, -0.05) is 20.8 Å². The normalized spacial score (nSPS) is 25.2. The summed E-state index contributed by atoms with van der Waals surface area (Å²) in [5.41, 5.74) is 9.67. The Balaban J connectivity index is 2.52. The van der Waals surface area contributed by atoms with Crippen LogP contribution in [-0.2, 0) is 0 Å². The fourth-order valence-electron chi connectivity index (χ4n) is 2.27. The summed E-state index contributed by atoms with van der Waals surface area (Å²) in [6.45, 7) is 6.98. The molecule has 0 aromatic heterocycles. The molecule has 1 unspecified atom stereocenters. The quantitative estimate of drug-likeness (QED) is 0.422. The van der Waals surface area contributed by atoms with Crippen molar-refractivity contribution in [2.45, 2.75) is 52.9 Å². The molecule has 0 aromatic rings. The predicted octanol–water partition coefficient (Wildman–Crippen LogP) is 2.80. The van der Waals surface area contributed by atoms with E-state index in [1.807, 2.05) is 0 Å². The van der Waals surface area contributed by atoms with Gasteiger partial charge in [0.15, 0.2) is 5.11 Å². The Labute approximate surface area is 104 Å². The van der Waals surface area contributed by atoms with Gasteiger partial charge in [0.1, 0.15) is 0 Å². The van der Waals surface area contributed by atoms with Gasteiger partial charge >= 0.3 is 0 Å². The summed E-state index contributed by atoms with van der Waals surface area (Å²) in [5, 5.41) is 4.51. The number of thiocarbonyl (C=S) groups is 1. The summed E-state index contributed by atoms with van der Waals surface area (Å²) >= 11 is 4.74. The number of nitrogens with two attached hydrogens (primary N) is 1. The summed E-state index contributed by atoms with van der Waals surface area (Å²) in [7, 11) is 0. The minimum atomic E-state index is 0.254. The molecule has 16 heavy (non-hydrogen) atoms. The lowest BCUT2D eigenvalue weighted by atomic mass is 9.76. The first-order chi connectivity index (χ1) is 7.39. The van der Waals surface area contributed by atoms with Crippen molar-refractivity contribution in [3.05, 3.63) is 0 Å². The molecule has 0 saturated heterocycles. The molecule has 0 spiro atoms. The molecule has 1 aliphatic carbocycles. The van der Waals surface area contributed by atoms with Gasteiger partial charge in [-0.15, -0.1) is 0 Å². The highest BCUT2D eigenvalue weighted by Gasteiger charge is 2.26. The molecule has 92 valence electrons. The van der Waals surface area contributed by atoms with Crippen LogP contribution in [0.4, 0.5) is 0 Å². The molecular weight excluding hydrogens is 218 g/mol. The van der Waals surface area contributed by atoms with Crippen molar-refractivity contribution in [2.24, 2.45) is 22.2 Å². The van der Waals surface area contributed by atoms with E-state index in [1.54, 1.807) is 0 Å². The molecule has 0 aliphatic heterocycles. The van der Waals surface area contributed by atoms with Gasteiger partial charge in [-0.2, -0.15) is 5.10 Å². The van der Waals surface area contributed by atoms with E-state index in [2.05, 4.69) is 31.3 Å². The van der Waals surface area contributed by atoms with Crippen LogP contribution in [0.3, 0.4) is 0 Å². The second kappa shape index (κ2) is 5.62. The van der Waals surface area contributed by atoms with Gasteiger partial charge in [-0.05, 0) is 55.7 Å². The monoisotopic (exact) mass is 241 g/mol. The van der Waals surface area contributed by atoms with E-state index >= 15 is 0 Å². The average molecular weight is 241 g/mol. The van der Waals surface area contributed by atoms with E-state index in [-0.39, 0.29) is 5.11 Å². The minimum absolute atomic E-state index is 0.254. The van der Waals surface area contributed by atoms with Crippen molar-refractivity contribution < 1.29 is 0 Å².